The zero-order valence-corrected chi connectivity index (χ0v) is 13.2. The predicted molar refractivity (Wildman–Crippen MR) is 78.9 cm³/mol. The van der Waals surface area contributed by atoms with Crippen LogP contribution in [0.4, 0.5) is 5.69 Å². The summed E-state index contributed by atoms with van der Waals surface area (Å²) < 4.78 is 26.9. The average Bonchev–Trinajstić information content (AvgIpc) is 2.37. The van der Waals surface area contributed by atoms with Gasteiger partial charge in [0, 0.05) is 37.3 Å². The maximum Gasteiger partial charge on any atom is 0.271 e. The molecule has 1 heterocycles. The van der Waals surface area contributed by atoms with E-state index in [4.69, 9.17) is 11.6 Å². The summed E-state index contributed by atoms with van der Waals surface area (Å²) in [6, 6.07) is 3.39. The highest BCUT2D eigenvalue weighted by Crippen LogP contribution is 2.32. The smallest absolute Gasteiger partial charge is 0.271 e. The van der Waals surface area contributed by atoms with E-state index in [9.17, 15) is 18.5 Å². The zero-order valence-electron chi connectivity index (χ0n) is 11.7. The van der Waals surface area contributed by atoms with E-state index in [2.05, 4.69) is 5.32 Å². The third-order valence-corrected chi connectivity index (χ3v) is 6.01. The van der Waals surface area contributed by atoms with Crippen molar-refractivity contribution in [3.63, 3.8) is 0 Å². The monoisotopic (exact) mass is 333 g/mol. The number of halogens is 1. The Hall–Kier alpha value is -1.22. The molecular weight excluding hydrogens is 318 g/mol. The quantitative estimate of drug-likeness (QED) is 0.670. The van der Waals surface area contributed by atoms with Crippen LogP contribution in [0, 0.1) is 10.1 Å². The first-order chi connectivity index (χ1) is 9.66. The van der Waals surface area contributed by atoms with Gasteiger partial charge < -0.3 is 5.32 Å². The van der Waals surface area contributed by atoms with Crippen LogP contribution in [-0.2, 0) is 10.0 Å². The summed E-state index contributed by atoms with van der Waals surface area (Å²) in [5.74, 6) is 0. The first-order valence-corrected chi connectivity index (χ1v) is 8.15. The van der Waals surface area contributed by atoms with Gasteiger partial charge in [0.05, 0.1) is 9.95 Å². The Morgan fingerprint density at radius 2 is 2.10 bits per heavy atom. The lowest BCUT2D eigenvalue weighted by Gasteiger charge is -2.41. The molecule has 1 saturated heterocycles. The van der Waals surface area contributed by atoms with Crippen LogP contribution in [0.1, 0.15) is 13.8 Å². The number of hydrogen-bond acceptors (Lipinski definition) is 5. The van der Waals surface area contributed by atoms with E-state index >= 15 is 0 Å². The third kappa shape index (κ3) is 3.03. The molecule has 0 spiro atoms. The molecule has 0 unspecified atom stereocenters. The van der Waals surface area contributed by atoms with Crippen molar-refractivity contribution < 1.29 is 13.3 Å². The molecule has 0 aliphatic carbocycles. The van der Waals surface area contributed by atoms with Gasteiger partial charge in [-0.1, -0.05) is 11.6 Å². The molecule has 0 saturated carbocycles. The second-order valence-corrected chi connectivity index (χ2v) is 7.68. The van der Waals surface area contributed by atoms with Gasteiger partial charge in [-0.05, 0) is 19.9 Å². The van der Waals surface area contributed by atoms with Crippen molar-refractivity contribution in [3.8, 4) is 0 Å². The van der Waals surface area contributed by atoms with Crippen molar-refractivity contribution in [2.24, 2.45) is 0 Å². The van der Waals surface area contributed by atoms with Crippen LogP contribution in [0.25, 0.3) is 0 Å². The first-order valence-electron chi connectivity index (χ1n) is 6.34. The molecule has 0 radical (unpaired) electrons. The minimum atomic E-state index is -3.80. The fourth-order valence-corrected chi connectivity index (χ4v) is 4.64. The Balaban J connectivity index is 2.47. The molecule has 0 bridgehead atoms. The van der Waals surface area contributed by atoms with Gasteiger partial charge in [0.2, 0.25) is 10.0 Å². The molecule has 1 aliphatic rings. The van der Waals surface area contributed by atoms with Gasteiger partial charge in [-0.2, -0.15) is 4.31 Å². The van der Waals surface area contributed by atoms with Gasteiger partial charge in [0.25, 0.3) is 5.69 Å². The van der Waals surface area contributed by atoms with Crippen molar-refractivity contribution in [1.29, 1.82) is 0 Å². The van der Waals surface area contributed by atoms with Crippen LogP contribution < -0.4 is 5.32 Å². The summed E-state index contributed by atoms with van der Waals surface area (Å²) in [7, 11) is -3.80. The van der Waals surface area contributed by atoms with Crippen LogP contribution >= 0.6 is 11.6 Å². The second kappa shape index (κ2) is 5.53. The maximum absolute atomic E-state index is 12.7. The fraction of sp³-hybridized carbons (Fsp3) is 0.500. The van der Waals surface area contributed by atoms with E-state index in [1.54, 1.807) is 0 Å². The van der Waals surface area contributed by atoms with E-state index in [1.807, 2.05) is 13.8 Å². The van der Waals surface area contributed by atoms with Crippen molar-refractivity contribution >= 4 is 27.3 Å². The fourth-order valence-electron chi connectivity index (χ4n) is 2.34. The summed E-state index contributed by atoms with van der Waals surface area (Å²) in [6.07, 6.45) is 0. The Morgan fingerprint density at radius 3 is 2.62 bits per heavy atom. The van der Waals surface area contributed by atoms with Gasteiger partial charge in [-0.15, -0.1) is 0 Å². The van der Waals surface area contributed by atoms with Gasteiger partial charge in [-0.3, -0.25) is 10.1 Å². The minimum absolute atomic E-state index is 0.107. The molecule has 1 aromatic carbocycles. The number of nitro groups is 1. The van der Waals surface area contributed by atoms with Crippen LogP contribution in [0.15, 0.2) is 23.1 Å². The van der Waals surface area contributed by atoms with Crippen LogP contribution in [0.3, 0.4) is 0 Å². The summed E-state index contributed by atoms with van der Waals surface area (Å²) in [6.45, 7) is 5.03. The zero-order chi connectivity index (χ0) is 15.8. The van der Waals surface area contributed by atoms with E-state index in [0.717, 1.165) is 12.1 Å². The topological polar surface area (TPSA) is 92.6 Å². The average molecular weight is 334 g/mol. The van der Waals surface area contributed by atoms with Crippen LogP contribution in [-0.4, -0.2) is 42.8 Å². The highest BCUT2D eigenvalue weighted by Gasteiger charge is 2.40. The number of hydrogen-bond donors (Lipinski definition) is 1. The van der Waals surface area contributed by atoms with E-state index < -0.39 is 20.5 Å². The van der Waals surface area contributed by atoms with E-state index in [0.29, 0.717) is 19.6 Å². The molecule has 2 rings (SSSR count). The second-order valence-electron chi connectivity index (χ2n) is 5.44. The maximum atomic E-state index is 12.7. The summed E-state index contributed by atoms with van der Waals surface area (Å²) >= 11 is 5.94. The molecule has 7 nitrogen and oxygen atoms in total. The molecular formula is C12H16ClN3O4S. The minimum Gasteiger partial charge on any atom is -0.314 e. The molecule has 1 aromatic rings. The lowest BCUT2D eigenvalue weighted by atomic mass is 10.0. The largest absolute Gasteiger partial charge is 0.314 e. The SMILES string of the molecule is CC1(C)CNCCN1S(=O)(=O)c1ccc([N+](=O)[O-])cc1Cl. The molecule has 116 valence electrons. The van der Waals surface area contributed by atoms with Crippen molar-refractivity contribution in [2.75, 3.05) is 19.6 Å². The number of sulfonamides is 1. The van der Waals surface area contributed by atoms with E-state index in [1.165, 1.54) is 10.4 Å². The third-order valence-electron chi connectivity index (χ3n) is 3.42. The molecule has 1 fully saturated rings. The Bertz CT molecular complexity index is 675. The first kappa shape index (κ1) is 16.2. The van der Waals surface area contributed by atoms with Crippen molar-refractivity contribution in [3.05, 3.63) is 33.3 Å². The highest BCUT2D eigenvalue weighted by molar-refractivity contribution is 7.89. The van der Waals surface area contributed by atoms with Crippen molar-refractivity contribution in [1.82, 2.24) is 9.62 Å². The molecule has 0 atom stereocenters. The standard InChI is InChI=1S/C12H16ClN3O4S/c1-12(2)8-14-5-6-15(12)21(19,20)11-4-3-9(16(17)18)7-10(11)13/h3-4,7,14H,5-6,8H2,1-2H3. The Morgan fingerprint density at radius 1 is 1.43 bits per heavy atom. The number of rotatable bonds is 3. The molecule has 21 heavy (non-hydrogen) atoms. The van der Waals surface area contributed by atoms with Crippen LogP contribution in [0.5, 0.6) is 0 Å². The molecule has 1 aliphatic heterocycles. The van der Waals surface area contributed by atoms with Gasteiger partial charge in [0.1, 0.15) is 4.90 Å². The number of nitrogens with one attached hydrogen (secondary N) is 1. The van der Waals surface area contributed by atoms with E-state index in [-0.39, 0.29) is 15.6 Å². The Kier molecular flexibility index (Phi) is 4.25. The molecule has 9 heteroatoms. The Labute approximate surface area is 128 Å². The van der Waals surface area contributed by atoms with Crippen molar-refractivity contribution in [2.45, 2.75) is 24.3 Å². The number of nitro benzene ring substituents is 1. The summed E-state index contributed by atoms with van der Waals surface area (Å²) in [4.78, 5) is 9.98. The van der Waals surface area contributed by atoms with Gasteiger partial charge in [0.15, 0.2) is 0 Å². The normalized spacial score (nSPS) is 19.4. The highest BCUT2D eigenvalue weighted by atomic mass is 35.5. The number of piperazine rings is 1. The number of nitrogens with zero attached hydrogens (tertiary/aromatic N) is 2. The summed E-state index contributed by atoms with van der Waals surface area (Å²) in [5, 5.41) is 13.7. The van der Waals surface area contributed by atoms with Gasteiger partial charge >= 0.3 is 0 Å². The summed E-state index contributed by atoms with van der Waals surface area (Å²) in [5.41, 5.74) is -0.833. The lowest BCUT2D eigenvalue weighted by molar-refractivity contribution is -0.384. The number of non-ortho nitro benzene ring substituents is 1. The van der Waals surface area contributed by atoms with Gasteiger partial charge in [-0.25, -0.2) is 8.42 Å². The molecule has 1 N–H and O–H groups in total. The predicted octanol–water partition coefficient (Wildman–Crippen LogP) is 1.62. The molecule has 0 amide bonds. The van der Waals surface area contributed by atoms with Crippen LogP contribution in [0.2, 0.25) is 5.02 Å². The lowest BCUT2D eigenvalue weighted by Crippen LogP contribution is -2.59. The number of benzene rings is 1. The molecule has 0 aromatic heterocycles.